The molecule has 0 aliphatic rings. The van der Waals surface area contributed by atoms with Crippen LogP contribution in [-0.4, -0.2) is 44.3 Å². The molecule has 8 heteroatoms. The maximum absolute atomic E-state index is 14.6. The molecule has 0 aromatic heterocycles. The Labute approximate surface area is 274 Å². The molecule has 0 fully saturated rings. The topological polar surface area (TPSA) is 86.8 Å². The van der Waals surface area contributed by atoms with Crippen LogP contribution in [0.25, 0.3) is 0 Å². The molecule has 0 saturated heterocycles. The third kappa shape index (κ3) is 8.85. The molecule has 0 radical (unpaired) electrons. The minimum Gasteiger partial charge on any atom is -0.354 e. The third-order valence-corrected chi connectivity index (χ3v) is 9.71. The van der Waals surface area contributed by atoms with E-state index in [2.05, 4.69) is 5.32 Å². The molecule has 0 aliphatic carbocycles. The Morgan fingerprint density at radius 1 is 0.739 bits per heavy atom. The van der Waals surface area contributed by atoms with Crippen molar-refractivity contribution in [3.63, 3.8) is 0 Å². The van der Waals surface area contributed by atoms with E-state index in [0.29, 0.717) is 12.2 Å². The number of carbonyl (C=O) groups is 2. The van der Waals surface area contributed by atoms with E-state index in [-0.39, 0.29) is 29.7 Å². The van der Waals surface area contributed by atoms with Crippen molar-refractivity contribution in [1.82, 2.24) is 10.2 Å². The fourth-order valence-electron chi connectivity index (χ4n) is 5.30. The second-order valence-electron chi connectivity index (χ2n) is 12.5. The first-order valence-electron chi connectivity index (χ1n) is 15.7. The summed E-state index contributed by atoms with van der Waals surface area (Å²) in [6.07, 6.45) is 0.274. The summed E-state index contributed by atoms with van der Waals surface area (Å²) >= 11 is 0. The van der Waals surface area contributed by atoms with Crippen molar-refractivity contribution in [2.45, 2.75) is 65.4 Å². The van der Waals surface area contributed by atoms with Crippen LogP contribution in [0.15, 0.2) is 102 Å². The van der Waals surface area contributed by atoms with Crippen molar-refractivity contribution in [3.05, 3.63) is 130 Å². The van der Waals surface area contributed by atoms with Gasteiger partial charge in [-0.3, -0.25) is 13.9 Å². The molecule has 4 aromatic rings. The maximum Gasteiger partial charge on any atom is 0.264 e. The zero-order valence-corrected chi connectivity index (χ0v) is 28.5. The molecule has 0 bridgehead atoms. The highest BCUT2D eigenvalue weighted by atomic mass is 32.2. The summed E-state index contributed by atoms with van der Waals surface area (Å²) < 4.78 is 29.7. The predicted molar refractivity (Wildman–Crippen MR) is 185 cm³/mol. The van der Waals surface area contributed by atoms with Gasteiger partial charge >= 0.3 is 0 Å². The quantitative estimate of drug-likeness (QED) is 0.180. The molecule has 4 rings (SSSR count). The molecule has 242 valence electrons. The van der Waals surface area contributed by atoms with Crippen LogP contribution in [0, 0.1) is 33.6 Å². The molecule has 7 nitrogen and oxygen atoms in total. The van der Waals surface area contributed by atoms with Crippen molar-refractivity contribution in [2.75, 3.05) is 17.4 Å². The van der Waals surface area contributed by atoms with E-state index in [9.17, 15) is 18.0 Å². The number of hydrogen-bond donors (Lipinski definition) is 1. The van der Waals surface area contributed by atoms with Crippen molar-refractivity contribution < 1.29 is 18.0 Å². The van der Waals surface area contributed by atoms with Crippen molar-refractivity contribution in [1.29, 1.82) is 0 Å². The molecule has 0 heterocycles. The Balaban J connectivity index is 1.82. The van der Waals surface area contributed by atoms with Gasteiger partial charge in [-0.15, -0.1) is 0 Å². The van der Waals surface area contributed by atoms with Crippen LogP contribution in [0.5, 0.6) is 0 Å². The lowest BCUT2D eigenvalue weighted by molar-refractivity contribution is -0.140. The molecular formula is C38H45N3O4S. The molecule has 1 atom stereocenters. The number of hydrogen-bond acceptors (Lipinski definition) is 4. The van der Waals surface area contributed by atoms with Gasteiger partial charge in [0.2, 0.25) is 11.8 Å². The number of benzene rings is 4. The average molecular weight is 640 g/mol. The average Bonchev–Trinajstić information content (AvgIpc) is 3.02. The van der Waals surface area contributed by atoms with Gasteiger partial charge in [-0.25, -0.2) is 8.42 Å². The fraction of sp³-hybridized carbons (Fsp3) is 0.316. The van der Waals surface area contributed by atoms with Crippen molar-refractivity contribution >= 4 is 27.5 Å². The molecule has 2 amide bonds. The highest BCUT2D eigenvalue weighted by molar-refractivity contribution is 7.92. The van der Waals surface area contributed by atoms with Gasteiger partial charge in [-0.1, -0.05) is 109 Å². The first kappa shape index (κ1) is 34.4. The highest BCUT2D eigenvalue weighted by Gasteiger charge is 2.35. The van der Waals surface area contributed by atoms with Gasteiger partial charge in [0.15, 0.2) is 0 Å². The van der Waals surface area contributed by atoms with Crippen LogP contribution >= 0.6 is 0 Å². The third-order valence-electron chi connectivity index (χ3n) is 7.94. The molecular weight excluding hydrogens is 595 g/mol. The lowest BCUT2D eigenvalue weighted by Crippen LogP contribution is -2.53. The Bertz CT molecular complexity index is 1740. The zero-order valence-electron chi connectivity index (χ0n) is 27.7. The van der Waals surface area contributed by atoms with Crippen LogP contribution in [0.3, 0.4) is 0 Å². The Morgan fingerprint density at radius 3 is 1.91 bits per heavy atom. The van der Waals surface area contributed by atoms with Gasteiger partial charge in [0, 0.05) is 19.5 Å². The molecule has 46 heavy (non-hydrogen) atoms. The Hall–Kier alpha value is -4.43. The van der Waals surface area contributed by atoms with E-state index in [1.165, 1.54) is 9.21 Å². The largest absolute Gasteiger partial charge is 0.354 e. The standard InChI is InChI=1S/C38H45N3O4S/c1-27(2)24-39-38(43)36(23-32-10-8-7-9-11-32)40(25-33-17-12-28(3)13-18-33)37(42)26-41(35-21-16-30(5)22-31(35)6)46(44,45)34-19-14-29(4)15-20-34/h7-22,27,36H,23-26H2,1-6H3,(H,39,43)/t36-/m1/s1. The predicted octanol–water partition coefficient (Wildman–Crippen LogP) is 6.53. The summed E-state index contributed by atoms with van der Waals surface area (Å²) in [5, 5.41) is 3.03. The van der Waals surface area contributed by atoms with Crippen LogP contribution < -0.4 is 9.62 Å². The van der Waals surface area contributed by atoms with Crippen LogP contribution in [0.2, 0.25) is 0 Å². The number of carbonyl (C=O) groups excluding carboxylic acids is 2. The van der Waals surface area contributed by atoms with Gasteiger partial charge < -0.3 is 10.2 Å². The molecule has 0 aliphatic heterocycles. The zero-order chi connectivity index (χ0) is 33.4. The smallest absolute Gasteiger partial charge is 0.264 e. The van der Waals surface area contributed by atoms with Crippen LogP contribution in [0.1, 0.15) is 47.2 Å². The van der Waals surface area contributed by atoms with Crippen molar-refractivity contribution in [2.24, 2.45) is 5.92 Å². The molecule has 0 spiro atoms. The number of sulfonamides is 1. The van der Waals surface area contributed by atoms with Crippen LogP contribution in [0.4, 0.5) is 5.69 Å². The number of nitrogens with one attached hydrogen (secondary N) is 1. The summed E-state index contributed by atoms with van der Waals surface area (Å²) in [6.45, 7) is 11.8. The van der Waals surface area contributed by atoms with Gasteiger partial charge in [-0.2, -0.15) is 0 Å². The van der Waals surface area contributed by atoms with Crippen molar-refractivity contribution in [3.8, 4) is 0 Å². The Morgan fingerprint density at radius 2 is 1.33 bits per heavy atom. The molecule has 1 N–H and O–H groups in total. The van der Waals surface area contributed by atoms with E-state index in [0.717, 1.165) is 33.4 Å². The summed E-state index contributed by atoms with van der Waals surface area (Å²) in [5.41, 5.74) is 5.85. The van der Waals surface area contributed by atoms with E-state index in [1.807, 2.05) is 108 Å². The van der Waals surface area contributed by atoms with E-state index < -0.39 is 28.5 Å². The van der Waals surface area contributed by atoms with Crippen LogP contribution in [-0.2, 0) is 32.6 Å². The fourth-order valence-corrected chi connectivity index (χ4v) is 6.78. The normalized spacial score (nSPS) is 12.1. The second kappa shape index (κ2) is 15.2. The lowest BCUT2D eigenvalue weighted by atomic mass is 10.0. The first-order valence-corrected chi connectivity index (χ1v) is 17.1. The van der Waals surface area contributed by atoms with Gasteiger partial charge in [0.05, 0.1) is 10.6 Å². The summed E-state index contributed by atoms with van der Waals surface area (Å²) in [4.78, 5) is 30.2. The molecule has 0 unspecified atom stereocenters. The first-order chi connectivity index (χ1) is 21.8. The Kier molecular flexibility index (Phi) is 11.4. The highest BCUT2D eigenvalue weighted by Crippen LogP contribution is 2.29. The monoisotopic (exact) mass is 639 g/mol. The van der Waals surface area contributed by atoms with E-state index in [1.54, 1.807) is 30.3 Å². The lowest BCUT2D eigenvalue weighted by Gasteiger charge is -2.34. The number of amides is 2. The minimum atomic E-state index is -4.15. The summed E-state index contributed by atoms with van der Waals surface area (Å²) in [6, 6.07) is 28.6. The second-order valence-corrected chi connectivity index (χ2v) is 14.3. The van der Waals surface area contributed by atoms with E-state index in [4.69, 9.17) is 0 Å². The van der Waals surface area contributed by atoms with Gasteiger partial charge in [-0.05, 0) is 68.5 Å². The molecule has 0 saturated carbocycles. The van der Waals surface area contributed by atoms with E-state index >= 15 is 0 Å². The van der Waals surface area contributed by atoms with Gasteiger partial charge in [0.1, 0.15) is 12.6 Å². The summed E-state index contributed by atoms with van der Waals surface area (Å²) in [5.74, 6) is -0.545. The molecule has 4 aromatic carbocycles. The minimum absolute atomic E-state index is 0.0893. The number of rotatable bonds is 13. The SMILES string of the molecule is Cc1ccc(CN(C(=O)CN(c2ccc(C)cc2C)S(=O)(=O)c2ccc(C)cc2)[C@H](Cc2ccccc2)C(=O)NCC(C)C)cc1. The number of aryl methyl sites for hydroxylation is 4. The summed E-state index contributed by atoms with van der Waals surface area (Å²) in [7, 11) is -4.15. The number of anilines is 1. The maximum atomic E-state index is 14.6. The van der Waals surface area contributed by atoms with Gasteiger partial charge in [0.25, 0.3) is 10.0 Å². The number of nitrogens with zero attached hydrogens (tertiary/aromatic N) is 2.